The Morgan fingerprint density at radius 1 is 1.38 bits per heavy atom. The van der Waals surface area contributed by atoms with E-state index in [1.807, 2.05) is 7.05 Å². The predicted octanol–water partition coefficient (Wildman–Crippen LogP) is 1.71. The molecule has 21 heavy (non-hydrogen) atoms. The van der Waals surface area contributed by atoms with Gasteiger partial charge in [0.25, 0.3) is 10.0 Å². The lowest BCUT2D eigenvalue weighted by Crippen LogP contribution is -2.17. The van der Waals surface area contributed by atoms with E-state index in [9.17, 15) is 8.42 Å². The maximum atomic E-state index is 12.5. The van der Waals surface area contributed by atoms with Crippen molar-refractivity contribution in [3.8, 4) is 5.75 Å². The quantitative estimate of drug-likeness (QED) is 0.809. The molecule has 0 aliphatic carbocycles. The van der Waals surface area contributed by atoms with Crippen LogP contribution in [0.15, 0.2) is 34.7 Å². The molecule has 0 aliphatic rings. The molecule has 1 heterocycles. The third kappa shape index (κ3) is 3.93. The van der Waals surface area contributed by atoms with Crippen molar-refractivity contribution >= 4 is 26.5 Å². The molecular weight excluding hydrogens is 310 g/mol. The Hall–Kier alpha value is -1.64. The summed E-state index contributed by atoms with van der Waals surface area (Å²) in [6, 6.07) is 4.94. The fourth-order valence-electron chi connectivity index (χ4n) is 1.84. The van der Waals surface area contributed by atoms with Gasteiger partial charge in [-0.2, -0.15) is 0 Å². The number of ether oxygens (including phenoxy) is 1. The fourth-order valence-corrected chi connectivity index (χ4v) is 3.88. The van der Waals surface area contributed by atoms with Gasteiger partial charge in [0, 0.05) is 11.6 Å². The second-order valence-electron chi connectivity index (χ2n) is 4.27. The zero-order valence-corrected chi connectivity index (χ0v) is 13.4. The Balaban J connectivity index is 2.36. The lowest BCUT2D eigenvalue weighted by molar-refractivity contribution is 0.413. The molecule has 6 nitrogen and oxygen atoms in total. The third-order valence-corrected chi connectivity index (χ3v) is 5.11. The molecule has 0 saturated carbocycles. The number of rotatable bonds is 7. The lowest BCUT2D eigenvalue weighted by atomic mass is 10.1. The number of nitrogens with zero attached hydrogens (tertiary/aromatic N) is 1. The molecule has 1 aromatic carbocycles. The molecule has 114 valence electrons. The van der Waals surface area contributed by atoms with E-state index in [1.54, 1.807) is 36.9 Å². The number of thiazole rings is 1. The second kappa shape index (κ2) is 6.88. The molecule has 2 N–H and O–H groups in total. The minimum atomic E-state index is -3.65. The topological polar surface area (TPSA) is 80.3 Å². The maximum Gasteiger partial charge on any atom is 0.263 e. The zero-order chi connectivity index (χ0) is 15.3. The molecule has 0 unspecified atom stereocenters. The van der Waals surface area contributed by atoms with Gasteiger partial charge in [0.15, 0.2) is 5.13 Å². The minimum Gasteiger partial charge on any atom is -0.497 e. The van der Waals surface area contributed by atoms with Gasteiger partial charge in [0.1, 0.15) is 5.75 Å². The fraction of sp³-hybridized carbons (Fsp3) is 0.308. The highest BCUT2D eigenvalue weighted by atomic mass is 32.2. The molecule has 2 rings (SSSR count). The summed E-state index contributed by atoms with van der Waals surface area (Å²) in [6.07, 6.45) is 2.14. The second-order valence-corrected chi connectivity index (χ2v) is 6.82. The maximum absolute atomic E-state index is 12.5. The van der Waals surface area contributed by atoms with Crippen LogP contribution < -0.4 is 14.8 Å². The number of hydrogen-bond donors (Lipinski definition) is 2. The van der Waals surface area contributed by atoms with Gasteiger partial charge in [-0.3, -0.25) is 4.72 Å². The largest absolute Gasteiger partial charge is 0.497 e. The first kappa shape index (κ1) is 15.7. The first-order valence-electron chi connectivity index (χ1n) is 6.30. The monoisotopic (exact) mass is 327 g/mol. The summed E-state index contributed by atoms with van der Waals surface area (Å²) in [5.41, 5.74) is 0.702. The Labute approximate surface area is 128 Å². The van der Waals surface area contributed by atoms with Crippen molar-refractivity contribution < 1.29 is 13.2 Å². The van der Waals surface area contributed by atoms with Crippen LogP contribution in [0.25, 0.3) is 0 Å². The van der Waals surface area contributed by atoms with E-state index in [0.29, 0.717) is 29.4 Å². The van der Waals surface area contributed by atoms with Crippen molar-refractivity contribution in [2.24, 2.45) is 0 Å². The van der Waals surface area contributed by atoms with Gasteiger partial charge in [-0.1, -0.05) is 0 Å². The van der Waals surface area contributed by atoms with Crippen LogP contribution in [0.3, 0.4) is 0 Å². The number of sulfonamides is 1. The average molecular weight is 327 g/mol. The van der Waals surface area contributed by atoms with Crippen LogP contribution in [-0.2, 0) is 16.4 Å². The van der Waals surface area contributed by atoms with E-state index in [0.717, 1.165) is 0 Å². The number of anilines is 1. The van der Waals surface area contributed by atoms with Crippen LogP contribution >= 0.6 is 11.3 Å². The van der Waals surface area contributed by atoms with Gasteiger partial charge >= 0.3 is 0 Å². The zero-order valence-electron chi connectivity index (χ0n) is 11.8. The highest BCUT2D eigenvalue weighted by molar-refractivity contribution is 7.93. The molecular formula is C13H17N3O3S2. The first-order chi connectivity index (χ1) is 10.1. The SMILES string of the molecule is CNCCc1cc(OC)ccc1S(=O)(=O)Nc1nccs1. The number of nitrogens with one attached hydrogen (secondary N) is 2. The van der Waals surface area contributed by atoms with Crippen LogP contribution in [0.2, 0.25) is 0 Å². The molecule has 0 spiro atoms. The molecule has 0 radical (unpaired) electrons. The molecule has 0 aliphatic heterocycles. The molecule has 0 atom stereocenters. The number of aromatic nitrogens is 1. The van der Waals surface area contributed by atoms with E-state index in [-0.39, 0.29) is 4.90 Å². The highest BCUT2D eigenvalue weighted by Crippen LogP contribution is 2.25. The van der Waals surface area contributed by atoms with E-state index >= 15 is 0 Å². The van der Waals surface area contributed by atoms with Gasteiger partial charge in [0.05, 0.1) is 12.0 Å². The van der Waals surface area contributed by atoms with Crippen molar-refractivity contribution in [3.05, 3.63) is 35.3 Å². The molecule has 1 aromatic heterocycles. The van der Waals surface area contributed by atoms with Crippen molar-refractivity contribution in [1.82, 2.24) is 10.3 Å². The number of methoxy groups -OCH3 is 1. The van der Waals surface area contributed by atoms with Crippen LogP contribution in [0.1, 0.15) is 5.56 Å². The van der Waals surface area contributed by atoms with E-state index in [2.05, 4.69) is 15.0 Å². The molecule has 8 heteroatoms. The normalized spacial score (nSPS) is 11.3. The Kier molecular flexibility index (Phi) is 5.16. The molecule has 2 aromatic rings. The van der Waals surface area contributed by atoms with E-state index in [4.69, 9.17) is 4.74 Å². The van der Waals surface area contributed by atoms with Crippen LogP contribution in [0.4, 0.5) is 5.13 Å². The lowest BCUT2D eigenvalue weighted by Gasteiger charge is -2.12. The predicted molar refractivity (Wildman–Crippen MR) is 83.5 cm³/mol. The van der Waals surface area contributed by atoms with E-state index in [1.165, 1.54) is 11.3 Å². The number of likely N-dealkylation sites (N-methyl/N-ethyl adjacent to an activating group) is 1. The van der Waals surface area contributed by atoms with Gasteiger partial charge in [0.2, 0.25) is 0 Å². The van der Waals surface area contributed by atoms with Crippen LogP contribution in [0, 0.1) is 0 Å². The molecule has 0 bridgehead atoms. The van der Waals surface area contributed by atoms with Crippen molar-refractivity contribution in [3.63, 3.8) is 0 Å². The Morgan fingerprint density at radius 2 is 2.19 bits per heavy atom. The summed E-state index contributed by atoms with van der Waals surface area (Å²) in [6.45, 7) is 0.674. The summed E-state index contributed by atoms with van der Waals surface area (Å²) in [5.74, 6) is 0.634. The number of benzene rings is 1. The van der Waals surface area contributed by atoms with Gasteiger partial charge < -0.3 is 10.1 Å². The Bertz CT molecular complexity index is 685. The standard InChI is InChI=1S/C13H17N3O3S2/c1-14-6-5-10-9-11(19-2)3-4-12(10)21(17,18)16-13-15-7-8-20-13/h3-4,7-9,14H,5-6H2,1-2H3,(H,15,16). The van der Waals surface area contributed by atoms with Crippen LogP contribution in [-0.4, -0.2) is 34.1 Å². The van der Waals surface area contributed by atoms with Crippen molar-refractivity contribution in [1.29, 1.82) is 0 Å². The summed E-state index contributed by atoms with van der Waals surface area (Å²) in [5, 5.41) is 5.08. The van der Waals surface area contributed by atoms with Crippen molar-refractivity contribution in [2.45, 2.75) is 11.3 Å². The van der Waals surface area contributed by atoms with Crippen molar-refractivity contribution in [2.75, 3.05) is 25.4 Å². The third-order valence-electron chi connectivity index (χ3n) is 2.86. The summed E-state index contributed by atoms with van der Waals surface area (Å²) in [4.78, 5) is 4.19. The van der Waals surface area contributed by atoms with Gasteiger partial charge in [-0.15, -0.1) is 11.3 Å². The highest BCUT2D eigenvalue weighted by Gasteiger charge is 2.20. The molecule has 0 saturated heterocycles. The molecule has 0 fully saturated rings. The smallest absolute Gasteiger partial charge is 0.263 e. The molecule has 0 amide bonds. The summed E-state index contributed by atoms with van der Waals surface area (Å²) >= 11 is 1.24. The Morgan fingerprint density at radius 3 is 2.81 bits per heavy atom. The minimum absolute atomic E-state index is 0.244. The number of hydrogen-bond acceptors (Lipinski definition) is 6. The van der Waals surface area contributed by atoms with Gasteiger partial charge in [-0.05, 0) is 43.8 Å². The first-order valence-corrected chi connectivity index (χ1v) is 8.67. The van der Waals surface area contributed by atoms with Crippen LogP contribution in [0.5, 0.6) is 5.75 Å². The van der Waals surface area contributed by atoms with E-state index < -0.39 is 10.0 Å². The average Bonchev–Trinajstić information content (AvgIpc) is 2.96. The van der Waals surface area contributed by atoms with Gasteiger partial charge in [-0.25, -0.2) is 13.4 Å². The summed E-state index contributed by atoms with van der Waals surface area (Å²) < 4.78 is 32.6. The summed E-state index contributed by atoms with van der Waals surface area (Å²) in [7, 11) is -0.278.